The van der Waals surface area contributed by atoms with E-state index in [0.29, 0.717) is 0 Å². The molecule has 0 aliphatic heterocycles. The Morgan fingerprint density at radius 3 is 2.00 bits per heavy atom. The summed E-state index contributed by atoms with van der Waals surface area (Å²) in [6, 6.07) is 0. The molecule has 0 saturated carbocycles. The van der Waals surface area contributed by atoms with Gasteiger partial charge in [0.2, 0.25) is 0 Å². The van der Waals surface area contributed by atoms with Crippen LogP contribution in [0.25, 0.3) is 0 Å². The van der Waals surface area contributed by atoms with Crippen molar-refractivity contribution in [3.63, 3.8) is 0 Å². The van der Waals surface area contributed by atoms with Gasteiger partial charge < -0.3 is 10.0 Å². The van der Waals surface area contributed by atoms with Gasteiger partial charge in [0.15, 0.2) is 0 Å². The average molecular weight is 202 g/mol. The Bertz CT molecular complexity index is 141. The predicted molar refractivity (Wildman–Crippen MR) is 61.6 cm³/mol. The quantitative estimate of drug-likeness (QED) is 0.668. The second-order valence-electron chi connectivity index (χ2n) is 4.89. The van der Waals surface area contributed by atoms with Gasteiger partial charge in [-0.1, -0.05) is 6.92 Å². The first kappa shape index (κ1) is 13.9. The van der Waals surface area contributed by atoms with Gasteiger partial charge in [0, 0.05) is 19.6 Å². The van der Waals surface area contributed by atoms with E-state index in [1.54, 1.807) is 0 Å². The van der Waals surface area contributed by atoms with Gasteiger partial charge in [-0.2, -0.15) is 0 Å². The van der Waals surface area contributed by atoms with E-state index in [9.17, 15) is 5.11 Å². The van der Waals surface area contributed by atoms with E-state index >= 15 is 0 Å². The summed E-state index contributed by atoms with van der Waals surface area (Å²) in [5.41, 5.74) is -0.582. The van der Waals surface area contributed by atoms with Crippen LogP contribution in [-0.4, -0.2) is 60.8 Å². The van der Waals surface area contributed by atoms with Crippen LogP contribution in [0.5, 0.6) is 0 Å². The maximum Gasteiger partial charge on any atom is 0.0718 e. The lowest BCUT2D eigenvalue weighted by atomic mass is 10.1. The molecule has 14 heavy (non-hydrogen) atoms. The van der Waals surface area contributed by atoms with Crippen molar-refractivity contribution in [1.82, 2.24) is 9.80 Å². The SMILES string of the molecule is CCCN(CCN(C)C)CC(C)(C)O. The summed E-state index contributed by atoms with van der Waals surface area (Å²) in [4.78, 5) is 4.49. The van der Waals surface area contributed by atoms with Crippen molar-refractivity contribution >= 4 is 0 Å². The molecule has 0 amide bonds. The number of aliphatic hydroxyl groups is 1. The summed E-state index contributed by atoms with van der Waals surface area (Å²) in [5.74, 6) is 0. The summed E-state index contributed by atoms with van der Waals surface area (Å²) >= 11 is 0. The molecule has 0 aliphatic carbocycles. The van der Waals surface area contributed by atoms with E-state index in [1.165, 1.54) is 0 Å². The minimum absolute atomic E-state index is 0.582. The van der Waals surface area contributed by atoms with Crippen molar-refractivity contribution in [1.29, 1.82) is 0 Å². The fourth-order valence-corrected chi connectivity index (χ4v) is 1.47. The lowest BCUT2D eigenvalue weighted by Crippen LogP contribution is -2.42. The van der Waals surface area contributed by atoms with Crippen molar-refractivity contribution < 1.29 is 5.11 Å². The summed E-state index contributed by atoms with van der Waals surface area (Å²) in [5, 5.41) is 9.72. The highest BCUT2D eigenvalue weighted by molar-refractivity contribution is 4.72. The highest BCUT2D eigenvalue weighted by atomic mass is 16.3. The Morgan fingerprint density at radius 1 is 1.07 bits per heavy atom. The molecule has 0 aliphatic rings. The van der Waals surface area contributed by atoms with Crippen LogP contribution in [0.2, 0.25) is 0 Å². The van der Waals surface area contributed by atoms with E-state index in [4.69, 9.17) is 0 Å². The molecule has 0 radical (unpaired) electrons. The monoisotopic (exact) mass is 202 g/mol. The van der Waals surface area contributed by atoms with Gasteiger partial charge in [0.25, 0.3) is 0 Å². The third kappa shape index (κ3) is 8.48. The molecule has 86 valence electrons. The zero-order valence-corrected chi connectivity index (χ0v) is 10.4. The van der Waals surface area contributed by atoms with Crippen LogP contribution in [0.1, 0.15) is 27.2 Å². The second-order valence-corrected chi connectivity index (χ2v) is 4.89. The summed E-state index contributed by atoms with van der Waals surface area (Å²) in [6.45, 7) is 9.82. The van der Waals surface area contributed by atoms with Crippen LogP contribution in [-0.2, 0) is 0 Å². The molecule has 0 fully saturated rings. The lowest BCUT2D eigenvalue weighted by molar-refractivity contribution is 0.0343. The zero-order valence-electron chi connectivity index (χ0n) is 10.4. The van der Waals surface area contributed by atoms with Crippen molar-refractivity contribution in [3.05, 3.63) is 0 Å². The Balaban J connectivity index is 3.89. The van der Waals surface area contributed by atoms with Crippen LogP contribution < -0.4 is 0 Å². The fourth-order valence-electron chi connectivity index (χ4n) is 1.47. The molecule has 0 aromatic carbocycles. The van der Waals surface area contributed by atoms with Crippen LogP contribution in [0.4, 0.5) is 0 Å². The molecular weight excluding hydrogens is 176 g/mol. The molecule has 0 aromatic heterocycles. The molecule has 0 unspecified atom stereocenters. The molecule has 0 bridgehead atoms. The van der Waals surface area contributed by atoms with Crippen molar-refractivity contribution in [2.24, 2.45) is 0 Å². The number of nitrogens with zero attached hydrogens (tertiary/aromatic N) is 2. The topological polar surface area (TPSA) is 26.7 Å². The van der Waals surface area contributed by atoms with E-state index < -0.39 is 5.60 Å². The van der Waals surface area contributed by atoms with Gasteiger partial charge in [0.05, 0.1) is 5.60 Å². The van der Waals surface area contributed by atoms with Gasteiger partial charge in [-0.15, -0.1) is 0 Å². The van der Waals surface area contributed by atoms with Crippen molar-refractivity contribution in [3.8, 4) is 0 Å². The number of hydrogen-bond donors (Lipinski definition) is 1. The minimum Gasteiger partial charge on any atom is -0.389 e. The Hall–Kier alpha value is -0.120. The third-order valence-corrected chi connectivity index (χ3v) is 2.01. The molecular formula is C11H26N2O. The molecule has 0 heterocycles. The van der Waals surface area contributed by atoms with Crippen molar-refractivity contribution in [2.45, 2.75) is 32.8 Å². The summed E-state index contributed by atoms with van der Waals surface area (Å²) in [7, 11) is 4.16. The van der Waals surface area contributed by atoms with Gasteiger partial charge in [-0.05, 0) is 40.9 Å². The minimum atomic E-state index is -0.582. The predicted octanol–water partition coefficient (Wildman–Crippen LogP) is 1.03. The standard InChI is InChI=1S/C11H26N2O/c1-6-7-13(9-8-12(4)5)10-11(2,3)14/h14H,6-10H2,1-5H3. The summed E-state index contributed by atoms with van der Waals surface area (Å²) < 4.78 is 0. The Labute approximate surface area is 88.7 Å². The van der Waals surface area contributed by atoms with Crippen LogP contribution >= 0.6 is 0 Å². The molecule has 0 rings (SSSR count). The van der Waals surface area contributed by atoms with Crippen molar-refractivity contribution in [2.75, 3.05) is 40.3 Å². The van der Waals surface area contributed by atoms with Crippen LogP contribution in [0, 0.1) is 0 Å². The summed E-state index contributed by atoms with van der Waals surface area (Å²) in [6.07, 6.45) is 1.14. The number of likely N-dealkylation sites (N-methyl/N-ethyl adjacent to an activating group) is 1. The van der Waals surface area contributed by atoms with E-state index in [-0.39, 0.29) is 0 Å². The van der Waals surface area contributed by atoms with Crippen LogP contribution in [0.15, 0.2) is 0 Å². The molecule has 1 N–H and O–H groups in total. The van der Waals surface area contributed by atoms with Crippen LogP contribution in [0.3, 0.4) is 0 Å². The Kier molecular flexibility index (Phi) is 6.33. The highest BCUT2D eigenvalue weighted by Gasteiger charge is 2.17. The second kappa shape index (κ2) is 6.38. The first-order valence-electron chi connectivity index (χ1n) is 5.44. The molecule has 0 aromatic rings. The maximum atomic E-state index is 9.72. The number of rotatable bonds is 7. The van der Waals surface area contributed by atoms with E-state index in [0.717, 1.165) is 32.6 Å². The average Bonchev–Trinajstić information content (AvgIpc) is 1.98. The zero-order chi connectivity index (χ0) is 11.2. The maximum absolute atomic E-state index is 9.72. The Morgan fingerprint density at radius 2 is 1.64 bits per heavy atom. The molecule has 3 nitrogen and oxygen atoms in total. The molecule has 0 atom stereocenters. The molecule has 0 saturated heterocycles. The van der Waals surface area contributed by atoms with E-state index in [1.807, 2.05) is 13.8 Å². The first-order chi connectivity index (χ1) is 6.35. The largest absolute Gasteiger partial charge is 0.389 e. The number of hydrogen-bond acceptors (Lipinski definition) is 3. The fraction of sp³-hybridized carbons (Fsp3) is 1.00. The lowest BCUT2D eigenvalue weighted by Gasteiger charge is -2.29. The molecule has 3 heteroatoms. The highest BCUT2D eigenvalue weighted by Crippen LogP contribution is 2.05. The van der Waals surface area contributed by atoms with Gasteiger partial charge in [-0.25, -0.2) is 0 Å². The first-order valence-corrected chi connectivity index (χ1v) is 5.44. The van der Waals surface area contributed by atoms with Gasteiger partial charge in [-0.3, -0.25) is 4.90 Å². The van der Waals surface area contributed by atoms with Gasteiger partial charge >= 0.3 is 0 Å². The smallest absolute Gasteiger partial charge is 0.0718 e. The molecule has 0 spiro atoms. The third-order valence-electron chi connectivity index (χ3n) is 2.01. The van der Waals surface area contributed by atoms with E-state index in [2.05, 4.69) is 30.8 Å². The normalized spacial score (nSPS) is 12.9. The van der Waals surface area contributed by atoms with Gasteiger partial charge in [0.1, 0.15) is 0 Å².